The van der Waals surface area contributed by atoms with Gasteiger partial charge in [-0.1, -0.05) is 36.4 Å². The normalized spacial score (nSPS) is 11.9. The van der Waals surface area contributed by atoms with Gasteiger partial charge in [0.2, 0.25) is 5.91 Å². The Balaban J connectivity index is 1.98. The number of fused-ring (bicyclic) bond motifs is 2. The van der Waals surface area contributed by atoms with Crippen LogP contribution in [-0.2, 0) is 10.3 Å². The third-order valence-corrected chi connectivity index (χ3v) is 4.57. The molecule has 4 rings (SSSR count). The van der Waals surface area contributed by atoms with E-state index in [4.69, 9.17) is 8.83 Å². The predicted octanol–water partition coefficient (Wildman–Crippen LogP) is 3.55. The number of carbonyl (C=O) groups is 1. The highest BCUT2D eigenvalue weighted by Crippen LogP contribution is 2.39. The molecule has 0 aliphatic rings. The number of aliphatic hydroxyl groups is 1. The third-order valence-electron chi connectivity index (χ3n) is 4.57. The van der Waals surface area contributed by atoms with Crippen molar-refractivity contribution in [1.82, 2.24) is 5.32 Å². The smallest absolute Gasteiger partial charge is 0.246 e. The van der Waals surface area contributed by atoms with Crippen LogP contribution in [0.5, 0.6) is 0 Å². The topological polar surface area (TPSA) is 75.6 Å². The van der Waals surface area contributed by atoms with Gasteiger partial charge in [0.05, 0.1) is 18.1 Å². The van der Waals surface area contributed by atoms with Crippen LogP contribution in [0.25, 0.3) is 21.9 Å². The molecule has 0 spiro atoms. The van der Waals surface area contributed by atoms with Crippen LogP contribution in [0, 0.1) is 0 Å². The maximum absolute atomic E-state index is 12.1. The van der Waals surface area contributed by atoms with E-state index in [-0.39, 0.29) is 0 Å². The molecule has 0 bridgehead atoms. The molecule has 5 nitrogen and oxygen atoms in total. The summed E-state index contributed by atoms with van der Waals surface area (Å²) in [7, 11) is 0. The van der Waals surface area contributed by atoms with Crippen molar-refractivity contribution in [2.24, 2.45) is 0 Å². The molecular formula is C20H17NO4. The van der Waals surface area contributed by atoms with E-state index >= 15 is 0 Å². The number of carbonyl (C=O) groups excluding carboxylic acids is 1. The highest BCUT2D eigenvalue weighted by atomic mass is 16.3. The first-order valence-electron chi connectivity index (χ1n) is 7.99. The summed E-state index contributed by atoms with van der Waals surface area (Å²) in [5.74, 6) is -0.474. The van der Waals surface area contributed by atoms with Crippen molar-refractivity contribution in [1.29, 1.82) is 0 Å². The fourth-order valence-electron chi connectivity index (χ4n) is 3.33. The summed E-state index contributed by atoms with van der Waals surface area (Å²) in [6.45, 7) is 1.29. The minimum Gasteiger partial charge on any atom is -0.464 e. The summed E-state index contributed by atoms with van der Waals surface area (Å²) in [5, 5.41) is 14.0. The maximum Gasteiger partial charge on any atom is 0.246 e. The maximum atomic E-state index is 12.1. The fraction of sp³-hybridized carbons (Fsp3) is 0.150. The second kappa shape index (κ2) is 5.79. The second-order valence-electron chi connectivity index (χ2n) is 6.12. The molecule has 5 heteroatoms. The number of benzene rings is 2. The Morgan fingerprint density at radius 1 is 0.960 bits per heavy atom. The van der Waals surface area contributed by atoms with Gasteiger partial charge in [-0.3, -0.25) is 4.79 Å². The zero-order valence-corrected chi connectivity index (χ0v) is 13.7. The van der Waals surface area contributed by atoms with Crippen LogP contribution >= 0.6 is 0 Å². The van der Waals surface area contributed by atoms with Gasteiger partial charge >= 0.3 is 0 Å². The number of hydrogen-bond donors (Lipinski definition) is 2. The van der Waals surface area contributed by atoms with Crippen molar-refractivity contribution < 1.29 is 18.7 Å². The van der Waals surface area contributed by atoms with E-state index in [1.54, 1.807) is 12.5 Å². The molecule has 25 heavy (non-hydrogen) atoms. The molecule has 0 aliphatic heterocycles. The lowest BCUT2D eigenvalue weighted by atomic mass is 9.84. The lowest BCUT2D eigenvalue weighted by Crippen LogP contribution is -2.45. The number of furan rings is 2. The van der Waals surface area contributed by atoms with Crippen molar-refractivity contribution in [3.8, 4) is 0 Å². The van der Waals surface area contributed by atoms with E-state index in [0.717, 1.165) is 33.1 Å². The SMILES string of the molecule is CC(NC(=O)CO)(c1coc2ccccc12)c1coc2ccccc12. The molecular weight excluding hydrogens is 318 g/mol. The first-order chi connectivity index (χ1) is 12.1. The van der Waals surface area contributed by atoms with Gasteiger partial charge in [-0.25, -0.2) is 0 Å². The summed E-state index contributed by atoms with van der Waals surface area (Å²) in [4.78, 5) is 12.1. The average Bonchev–Trinajstić information content (AvgIpc) is 3.26. The molecule has 2 heterocycles. The largest absolute Gasteiger partial charge is 0.464 e. The van der Waals surface area contributed by atoms with Gasteiger partial charge in [-0.15, -0.1) is 0 Å². The molecule has 2 N–H and O–H groups in total. The van der Waals surface area contributed by atoms with Gasteiger partial charge in [-0.2, -0.15) is 0 Å². The highest BCUT2D eigenvalue weighted by Gasteiger charge is 2.36. The fourth-order valence-corrected chi connectivity index (χ4v) is 3.33. The molecule has 0 saturated carbocycles. The first kappa shape index (κ1) is 15.5. The van der Waals surface area contributed by atoms with Gasteiger partial charge in [-0.05, 0) is 19.1 Å². The summed E-state index contributed by atoms with van der Waals surface area (Å²) in [6, 6.07) is 15.3. The molecule has 126 valence electrons. The van der Waals surface area contributed by atoms with Gasteiger partial charge < -0.3 is 19.3 Å². The standard InChI is InChI=1S/C20H17NO4/c1-20(21-19(23)10-22,15-11-24-17-8-4-2-6-13(15)17)16-12-25-18-9-5-3-7-14(16)18/h2-9,11-12,22H,10H2,1H3,(H,21,23). The van der Waals surface area contributed by atoms with Crippen LogP contribution < -0.4 is 5.32 Å². The molecule has 2 aromatic carbocycles. The van der Waals surface area contributed by atoms with Crippen molar-refractivity contribution in [3.63, 3.8) is 0 Å². The molecule has 0 aliphatic carbocycles. The number of aliphatic hydroxyl groups excluding tert-OH is 1. The van der Waals surface area contributed by atoms with Crippen LogP contribution in [0.4, 0.5) is 0 Å². The van der Waals surface area contributed by atoms with Gasteiger partial charge in [0, 0.05) is 21.9 Å². The van der Waals surface area contributed by atoms with E-state index in [9.17, 15) is 9.90 Å². The molecule has 0 saturated heterocycles. The van der Waals surface area contributed by atoms with Crippen LogP contribution in [0.1, 0.15) is 18.1 Å². The predicted molar refractivity (Wildman–Crippen MR) is 94.1 cm³/mol. The minimum absolute atomic E-state index is 0.474. The van der Waals surface area contributed by atoms with E-state index in [0.29, 0.717) is 0 Å². The lowest BCUT2D eigenvalue weighted by molar-refractivity contribution is -0.125. The van der Waals surface area contributed by atoms with Crippen LogP contribution in [0.15, 0.2) is 69.9 Å². The molecule has 2 aromatic heterocycles. The van der Waals surface area contributed by atoms with Gasteiger partial charge in [0.15, 0.2) is 0 Å². The molecule has 1 amide bonds. The molecule has 0 radical (unpaired) electrons. The Morgan fingerprint density at radius 3 is 1.92 bits per heavy atom. The van der Waals surface area contributed by atoms with Gasteiger partial charge in [0.1, 0.15) is 17.8 Å². The molecule has 4 aromatic rings. The van der Waals surface area contributed by atoms with Crippen molar-refractivity contribution >= 4 is 27.8 Å². The zero-order chi connectivity index (χ0) is 17.4. The molecule has 0 atom stereocenters. The van der Waals surface area contributed by atoms with Crippen molar-refractivity contribution in [2.45, 2.75) is 12.5 Å². The van der Waals surface area contributed by atoms with Crippen LogP contribution in [0.2, 0.25) is 0 Å². The van der Waals surface area contributed by atoms with Crippen LogP contribution in [0.3, 0.4) is 0 Å². The lowest BCUT2D eigenvalue weighted by Gasteiger charge is -2.29. The van der Waals surface area contributed by atoms with E-state index in [2.05, 4.69) is 5.32 Å². The number of hydrogen-bond acceptors (Lipinski definition) is 4. The number of para-hydroxylation sites is 2. The number of nitrogens with one attached hydrogen (secondary N) is 1. The minimum atomic E-state index is -0.918. The second-order valence-corrected chi connectivity index (χ2v) is 6.12. The first-order valence-corrected chi connectivity index (χ1v) is 7.99. The van der Waals surface area contributed by atoms with E-state index in [1.807, 2.05) is 55.5 Å². The summed E-state index contributed by atoms with van der Waals surface area (Å²) in [5.41, 5.74) is 2.15. The Hall–Kier alpha value is -3.05. The van der Waals surface area contributed by atoms with Crippen LogP contribution in [-0.4, -0.2) is 17.6 Å². The Labute approximate surface area is 143 Å². The zero-order valence-electron chi connectivity index (χ0n) is 13.7. The van der Waals surface area contributed by atoms with E-state index in [1.165, 1.54) is 0 Å². The monoisotopic (exact) mass is 335 g/mol. The van der Waals surface area contributed by atoms with Crippen molar-refractivity contribution in [2.75, 3.05) is 6.61 Å². The summed E-state index contributed by atoms with van der Waals surface area (Å²) < 4.78 is 11.4. The Bertz CT molecular complexity index is 986. The van der Waals surface area contributed by atoms with Crippen molar-refractivity contribution in [3.05, 3.63) is 72.2 Å². The third kappa shape index (κ3) is 2.40. The average molecular weight is 335 g/mol. The number of amides is 1. The number of rotatable bonds is 4. The Morgan fingerprint density at radius 2 is 1.44 bits per heavy atom. The molecule has 0 fully saturated rings. The van der Waals surface area contributed by atoms with Gasteiger partial charge in [0.25, 0.3) is 0 Å². The summed E-state index contributed by atoms with van der Waals surface area (Å²) in [6.07, 6.45) is 3.29. The van der Waals surface area contributed by atoms with E-state index < -0.39 is 18.1 Å². The quantitative estimate of drug-likeness (QED) is 0.598. The highest BCUT2D eigenvalue weighted by molar-refractivity contribution is 5.89. The Kier molecular flexibility index (Phi) is 3.58. The summed E-state index contributed by atoms with van der Waals surface area (Å²) >= 11 is 0. The molecule has 0 unspecified atom stereocenters.